The fourth-order valence-electron chi connectivity index (χ4n) is 1.97. The molecule has 0 bridgehead atoms. The maximum Gasteiger partial charge on any atom is 0.387 e. The molecule has 0 heterocycles. The molecule has 0 radical (unpaired) electrons. The van der Waals surface area contributed by atoms with Crippen molar-refractivity contribution in [3.8, 4) is 11.5 Å². The van der Waals surface area contributed by atoms with Gasteiger partial charge in [0.2, 0.25) is 0 Å². The van der Waals surface area contributed by atoms with Crippen molar-refractivity contribution in [3.05, 3.63) is 59.7 Å². The number of benzene rings is 2. The second-order valence-corrected chi connectivity index (χ2v) is 4.72. The van der Waals surface area contributed by atoms with Gasteiger partial charge in [-0.15, -0.1) is 0 Å². The molecule has 21 heavy (non-hydrogen) atoms. The van der Waals surface area contributed by atoms with Crippen molar-refractivity contribution in [2.75, 3.05) is 0 Å². The van der Waals surface area contributed by atoms with Gasteiger partial charge < -0.3 is 15.2 Å². The lowest BCUT2D eigenvalue weighted by atomic mass is 10.1. The topological polar surface area (TPSA) is 41.5 Å². The van der Waals surface area contributed by atoms with Crippen molar-refractivity contribution < 1.29 is 18.6 Å². The number of hydrogen-bond donors (Lipinski definition) is 2. The number of rotatable bonds is 6. The first-order chi connectivity index (χ1) is 10.0. The van der Waals surface area contributed by atoms with E-state index >= 15 is 0 Å². The van der Waals surface area contributed by atoms with Gasteiger partial charge in [0.1, 0.15) is 11.5 Å². The van der Waals surface area contributed by atoms with Gasteiger partial charge in [-0.3, -0.25) is 0 Å². The molecule has 0 aliphatic rings. The Morgan fingerprint density at radius 2 is 1.86 bits per heavy atom. The predicted molar refractivity (Wildman–Crippen MR) is 76.4 cm³/mol. The number of halogens is 2. The molecule has 2 rings (SSSR count). The fraction of sp³-hybridized carbons (Fsp3) is 0.250. The van der Waals surface area contributed by atoms with Crippen molar-refractivity contribution in [2.45, 2.75) is 26.1 Å². The van der Waals surface area contributed by atoms with Crippen molar-refractivity contribution in [3.63, 3.8) is 0 Å². The second kappa shape index (κ2) is 7.04. The van der Waals surface area contributed by atoms with Gasteiger partial charge in [-0.2, -0.15) is 8.78 Å². The molecule has 0 saturated carbocycles. The fourth-order valence-corrected chi connectivity index (χ4v) is 1.97. The zero-order chi connectivity index (χ0) is 15.2. The molecule has 2 aromatic rings. The zero-order valence-corrected chi connectivity index (χ0v) is 11.6. The highest BCUT2D eigenvalue weighted by molar-refractivity contribution is 5.30. The smallest absolute Gasteiger partial charge is 0.387 e. The molecular weight excluding hydrogens is 276 g/mol. The monoisotopic (exact) mass is 293 g/mol. The zero-order valence-electron chi connectivity index (χ0n) is 11.6. The molecule has 0 aliphatic heterocycles. The quantitative estimate of drug-likeness (QED) is 0.850. The summed E-state index contributed by atoms with van der Waals surface area (Å²) in [6, 6.07) is 13.6. The van der Waals surface area contributed by atoms with E-state index in [0.29, 0.717) is 6.54 Å². The first kappa shape index (κ1) is 15.3. The average molecular weight is 293 g/mol. The first-order valence-electron chi connectivity index (χ1n) is 6.60. The summed E-state index contributed by atoms with van der Waals surface area (Å²) >= 11 is 0. The van der Waals surface area contributed by atoms with Crippen LogP contribution in [0.2, 0.25) is 0 Å². The van der Waals surface area contributed by atoms with Gasteiger partial charge in [-0.05, 0) is 42.3 Å². The highest BCUT2D eigenvalue weighted by Gasteiger charge is 2.06. The third-order valence-corrected chi connectivity index (χ3v) is 3.13. The summed E-state index contributed by atoms with van der Waals surface area (Å²) in [7, 11) is 0. The summed E-state index contributed by atoms with van der Waals surface area (Å²) in [5, 5.41) is 12.7. The Balaban J connectivity index is 1.90. The Kier molecular flexibility index (Phi) is 5.11. The van der Waals surface area contributed by atoms with Crippen LogP contribution in [-0.2, 0) is 6.54 Å². The van der Waals surface area contributed by atoms with Gasteiger partial charge in [-0.25, -0.2) is 0 Å². The minimum absolute atomic E-state index is 0.0640. The number of nitrogens with one attached hydrogen (secondary N) is 1. The Hall–Kier alpha value is -2.14. The number of alkyl halides is 2. The average Bonchev–Trinajstić information content (AvgIpc) is 2.45. The van der Waals surface area contributed by atoms with E-state index in [0.717, 1.165) is 11.1 Å². The van der Waals surface area contributed by atoms with Crippen LogP contribution in [0.3, 0.4) is 0 Å². The second-order valence-electron chi connectivity index (χ2n) is 4.72. The number of aromatic hydroxyl groups is 1. The van der Waals surface area contributed by atoms with Gasteiger partial charge in [0.05, 0.1) is 0 Å². The summed E-state index contributed by atoms with van der Waals surface area (Å²) in [6.07, 6.45) is 0. The van der Waals surface area contributed by atoms with Crippen molar-refractivity contribution in [2.24, 2.45) is 0 Å². The molecule has 0 aliphatic carbocycles. The molecule has 5 heteroatoms. The third-order valence-electron chi connectivity index (χ3n) is 3.13. The van der Waals surface area contributed by atoms with Crippen LogP contribution >= 0.6 is 0 Å². The van der Waals surface area contributed by atoms with Gasteiger partial charge in [0.25, 0.3) is 0 Å². The summed E-state index contributed by atoms with van der Waals surface area (Å²) in [6.45, 7) is -0.228. The standard InChI is InChI=1S/C16H17F2NO2/c1-11(13-3-2-4-14(20)9-13)19-10-12-5-7-15(8-6-12)21-16(17)18/h2-9,11,16,19-20H,10H2,1H3. The maximum atomic E-state index is 12.0. The van der Waals surface area contributed by atoms with Crippen molar-refractivity contribution in [1.29, 1.82) is 0 Å². The number of hydrogen-bond acceptors (Lipinski definition) is 3. The van der Waals surface area contributed by atoms with Crippen LogP contribution in [0.25, 0.3) is 0 Å². The van der Waals surface area contributed by atoms with E-state index in [1.54, 1.807) is 30.3 Å². The van der Waals surface area contributed by atoms with Gasteiger partial charge in [-0.1, -0.05) is 24.3 Å². The molecule has 1 atom stereocenters. The molecular formula is C16H17F2NO2. The van der Waals surface area contributed by atoms with Gasteiger partial charge in [0.15, 0.2) is 0 Å². The minimum atomic E-state index is -2.81. The summed E-state index contributed by atoms with van der Waals surface area (Å²) in [4.78, 5) is 0. The highest BCUT2D eigenvalue weighted by atomic mass is 19.3. The number of phenols is 1. The highest BCUT2D eigenvalue weighted by Crippen LogP contribution is 2.19. The van der Waals surface area contributed by atoms with Crippen LogP contribution in [0.5, 0.6) is 11.5 Å². The lowest BCUT2D eigenvalue weighted by molar-refractivity contribution is -0.0498. The van der Waals surface area contributed by atoms with Crippen LogP contribution in [-0.4, -0.2) is 11.7 Å². The molecule has 0 amide bonds. The SMILES string of the molecule is CC(NCc1ccc(OC(F)F)cc1)c1cccc(O)c1. The molecule has 2 aromatic carbocycles. The molecule has 3 nitrogen and oxygen atoms in total. The van der Waals surface area contributed by atoms with Gasteiger partial charge in [0, 0.05) is 12.6 Å². The molecule has 112 valence electrons. The first-order valence-corrected chi connectivity index (χ1v) is 6.60. The number of phenolic OH excluding ortho intramolecular Hbond substituents is 1. The van der Waals surface area contributed by atoms with E-state index in [9.17, 15) is 13.9 Å². The minimum Gasteiger partial charge on any atom is -0.508 e. The maximum absolute atomic E-state index is 12.0. The Morgan fingerprint density at radius 3 is 2.48 bits per heavy atom. The molecule has 0 saturated heterocycles. The predicted octanol–water partition coefficient (Wildman–Crippen LogP) is 3.84. The van der Waals surface area contributed by atoms with E-state index in [4.69, 9.17) is 0 Å². The largest absolute Gasteiger partial charge is 0.508 e. The van der Waals surface area contributed by atoms with E-state index in [2.05, 4.69) is 10.1 Å². The van der Waals surface area contributed by atoms with E-state index in [1.807, 2.05) is 13.0 Å². The van der Waals surface area contributed by atoms with Crippen LogP contribution in [0.15, 0.2) is 48.5 Å². The third kappa shape index (κ3) is 4.72. The Morgan fingerprint density at radius 1 is 1.14 bits per heavy atom. The van der Waals surface area contributed by atoms with Crippen molar-refractivity contribution >= 4 is 0 Å². The van der Waals surface area contributed by atoms with E-state index < -0.39 is 6.61 Å². The van der Waals surface area contributed by atoms with Crippen LogP contribution in [0.4, 0.5) is 8.78 Å². The van der Waals surface area contributed by atoms with Crippen molar-refractivity contribution in [1.82, 2.24) is 5.32 Å². The molecule has 0 fully saturated rings. The van der Waals surface area contributed by atoms with Gasteiger partial charge >= 0.3 is 6.61 Å². The summed E-state index contributed by atoms with van der Waals surface area (Å²) in [5.41, 5.74) is 1.94. The molecule has 0 aromatic heterocycles. The molecule has 0 spiro atoms. The van der Waals surface area contributed by atoms with Crippen LogP contribution in [0, 0.1) is 0 Å². The lowest BCUT2D eigenvalue weighted by Crippen LogP contribution is -2.17. The molecule has 1 unspecified atom stereocenters. The number of ether oxygens (including phenoxy) is 1. The summed E-state index contributed by atoms with van der Waals surface area (Å²) < 4.78 is 28.4. The lowest BCUT2D eigenvalue weighted by Gasteiger charge is -2.15. The van der Waals surface area contributed by atoms with E-state index in [1.165, 1.54) is 12.1 Å². The Labute approximate surface area is 122 Å². The molecule has 2 N–H and O–H groups in total. The van der Waals surface area contributed by atoms with Crippen LogP contribution in [0.1, 0.15) is 24.1 Å². The summed E-state index contributed by atoms with van der Waals surface area (Å²) in [5.74, 6) is 0.379. The Bertz CT molecular complexity index is 573. The van der Waals surface area contributed by atoms with E-state index in [-0.39, 0.29) is 17.5 Å². The van der Waals surface area contributed by atoms with Crippen LogP contribution < -0.4 is 10.1 Å². The normalized spacial score (nSPS) is 12.4.